The maximum atomic E-state index is 13.1. The lowest BCUT2D eigenvalue weighted by Crippen LogP contribution is -2.16. The number of benzene rings is 1. The molecule has 0 atom stereocenters. The topological polar surface area (TPSA) is 26.0 Å². The number of rotatable bonds is 3. The number of hydrogen-bond acceptors (Lipinski definition) is 1. The van der Waals surface area contributed by atoms with Crippen LogP contribution in [-0.4, -0.2) is 6.54 Å². The van der Waals surface area contributed by atoms with Gasteiger partial charge >= 0.3 is 0 Å². The van der Waals surface area contributed by atoms with Crippen molar-refractivity contribution < 1.29 is 4.39 Å². The second-order valence-corrected chi connectivity index (χ2v) is 4.81. The van der Waals surface area contributed by atoms with Gasteiger partial charge in [-0.05, 0) is 36.5 Å². The van der Waals surface area contributed by atoms with E-state index in [0.29, 0.717) is 12.5 Å². The van der Waals surface area contributed by atoms with Crippen LogP contribution in [0.25, 0.3) is 6.08 Å². The molecule has 0 unspecified atom stereocenters. The van der Waals surface area contributed by atoms with E-state index in [2.05, 4.69) is 6.08 Å². The zero-order valence-electron chi connectivity index (χ0n) is 10.2. The van der Waals surface area contributed by atoms with Gasteiger partial charge in [0.15, 0.2) is 0 Å². The molecule has 0 bridgehead atoms. The van der Waals surface area contributed by atoms with Crippen LogP contribution < -0.4 is 5.73 Å². The molecule has 0 heterocycles. The summed E-state index contributed by atoms with van der Waals surface area (Å²) in [5.74, 6) is 0.427. The highest BCUT2D eigenvalue weighted by Crippen LogP contribution is 2.30. The standard InChI is InChI=1S/C15H20FN/c16-15-8-4-5-12(10-15)9-14(11-17)13-6-2-1-3-7-13/h4-5,8-10,13H,1-3,6-7,11,17H2. The molecule has 17 heavy (non-hydrogen) atoms. The largest absolute Gasteiger partial charge is 0.327 e. The Hall–Kier alpha value is -1.15. The minimum atomic E-state index is -0.182. The van der Waals surface area contributed by atoms with E-state index in [9.17, 15) is 4.39 Å². The fraction of sp³-hybridized carbons (Fsp3) is 0.467. The summed E-state index contributed by atoms with van der Waals surface area (Å²) in [5.41, 5.74) is 8.03. The first kappa shape index (κ1) is 12.3. The van der Waals surface area contributed by atoms with E-state index in [1.165, 1.54) is 43.7 Å². The highest BCUT2D eigenvalue weighted by molar-refractivity contribution is 5.53. The van der Waals surface area contributed by atoms with Crippen LogP contribution in [0.4, 0.5) is 4.39 Å². The predicted octanol–water partition coefficient (Wildman–Crippen LogP) is 3.75. The van der Waals surface area contributed by atoms with Crippen LogP contribution in [0, 0.1) is 11.7 Å². The zero-order valence-corrected chi connectivity index (χ0v) is 10.2. The first-order chi connectivity index (χ1) is 8.29. The van der Waals surface area contributed by atoms with Gasteiger partial charge < -0.3 is 5.73 Å². The molecule has 1 aliphatic rings. The molecule has 1 fully saturated rings. The summed E-state index contributed by atoms with van der Waals surface area (Å²) in [7, 11) is 0. The Kier molecular flexibility index (Phi) is 4.32. The second-order valence-electron chi connectivity index (χ2n) is 4.81. The molecule has 1 nitrogen and oxygen atoms in total. The van der Waals surface area contributed by atoms with E-state index in [1.807, 2.05) is 6.07 Å². The van der Waals surface area contributed by atoms with Crippen molar-refractivity contribution in [2.24, 2.45) is 11.7 Å². The zero-order chi connectivity index (χ0) is 12.1. The monoisotopic (exact) mass is 233 g/mol. The van der Waals surface area contributed by atoms with Gasteiger partial charge in [-0.1, -0.05) is 43.0 Å². The van der Waals surface area contributed by atoms with Crippen molar-refractivity contribution >= 4 is 6.08 Å². The third-order valence-electron chi connectivity index (χ3n) is 3.57. The molecular weight excluding hydrogens is 213 g/mol. The van der Waals surface area contributed by atoms with E-state index in [0.717, 1.165) is 5.56 Å². The Morgan fingerprint density at radius 2 is 2.06 bits per heavy atom. The Morgan fingerprint density at radius 1 is 1.29 bits per heavy atom. The Labute approximate surface area is 103 Å². The van der Waals surface area contributed by atoms with Gasteiger partial charge in [-0.25, -0.2) is 4.39 Å². The molecule has 0 spiro atoms. The van der Waals surface area contributed by atoms with Gasteiger partial charge in [-0.15, -0.1) is 0 Å². The molecule has 0 amide bonds. The lowest BCUT2D eigenvalue weighted by Gasteiger charge is -2.23. The lowest BCUT2D eigenvalue weighted by molar-refractivity contribution is 0.401. The van der Waals surface area contributed by atoms with Gasteiger partial charge in [-0.3, -0.25) is 0 Å². The molecule has 92 valence electrons. The summed E-state index contributed by atoms with van der Waals surface area (Å²) in [6.07, 6.45) is 8.47. The van der Waals surface area contributed by atoms with Gasteiger partial charge in [0, 0.05) is 6.54 Å². The van der Waals surface area contributed by atoms with Crippen molar-refractivity contribution in [3.63, 3.8) is 0 Å². The fourth-order valence-corrected chi connectivity index (χ4v) is 2.63. The summed E-state index contributed by atoms with van der Waals surface area (Å²) in [6, 6.07) is 6.72. The quantitative estimate of drug-likeness (QED) is 0.845. The first-order valence-corrected chi connectivity index (χ1v) is 6.45. The Bertz CT molecular complexity index is 392. The van der Waals surface area contributed by atoms with Gasteiger partial charge in [0.25, 0.3) is 0 Å². The van der Waals surface area contributed by atoms with Crippen molar-refractivity contribution in [1.82, 2.24) is 0 Å². The normalized spacial score (nSPS) is 18.4. The van der Waals surface area contributed by atoms with Crippen LogP contribution in [0.2, 0.25) is 0 Å². The lowest BCUT2D eigenvalue weighted by atomic mass is 9.83. The smallest absolute Gasteiger partial charge is 0.123 e. The Balaban J connectivity index is 2.16. The van der Waals surface area contributed by atoms with Gasteiger partial charge in [0.2, 0.25) is 0 Å². The van der Waals surface area contributed by atoms with Crippen molar-refractivity contribution in [3.05, 3.63) is 41.2 Å². The molecule has 2 heteroatoms. The number of nitrogens with two attached hydrogens (primary N) is 1. The average molecular weight is 233 g/mol. The molecule has 1 aliphatic carbocycles. The van der Waals surface area contributed by atoms with Crippen molar-refractivity contribution in [2.45, 2.75) is 32.1 Å². The van der Waals surface area contributed by atoms with Gasteiger partial charge in [0.1, 0.15) is 5.82 Å². The molecule has 0 aromatic heterocycles. The summed E-state index contributed by atoms with van der Waals surface area (Å²) in [5, 5.41) is 0. The van der Waals surface area contributed by atoms with E-state index in [1.54, 1.807) is 12.1 Å². The first-order valence-electron chi connectivity index (χ1n) is 6.45. The Morgan fingerprint density at radius 3 is 2.71 bits per heavy atom. The van der Waals surface area contributed by atoms with Crippen LogP contribution >= 0.6 is 0 Å². The van der Waals surface area contributed by atoms with Crippen LogP contribution in [0.3, 0.4) is 0 Å². The number of hydrogen-bond donors (Lipinski definition) is 1. The number of halogens is 1. The van der Waals surface area contributed by atoms with E-state index < -0.39 is 0 Å². The highest BCUT2D eigenvalue weighted by Gasteiger charge is 2.16. The SMILES string of the molecule is NCC(=Cc1cccc(F)c1)C1CCCCC1. The van der Waals surface area contributed by atoms with Gasteiger partial charge in [-0.2, -0.15) is 0 Å². The molecule has 1 saturated carbocycles. The third kappa shape index (κ3) is 3.40. The summed E-state index contributed by atoms with van der Waals surface area (Å²) in [4.78, 5) is 0. The summed E-state index contributed by atoms with van der Waals surface area (Å²) >= 11 is 0. The third-order valence-corrected chi connectivity index (χ3v) is 3.57. The molecule has 0 saturated heterocycles. The molecule has 0 aliphatic heterocycles. The average Bonchev–Trinajstić information content (AvgIpc) is 2.37. The van der Waals surface area contributed by atoms with Crippen LogP contribution in [0.15, 0.2) is 29.8 Å². The fourth-order valence-electron chi connectivity index (χ4n) is 2.63. The van der Waals surface area contributed by atoms with E-state index in [4.69, 9.17) is 5.73 Å². The highest BCUT2D eigenvalue weighted by atomic mass is 19.1. The second kappa shape index (κ2) is 5.97. The summed E-state index contributed by atoms with van der Waals surface area (Å²) in [6.45, 7) is 0.585. The van der Waals surface area contributed by atoms with E-state index in [-0.39, 0.29) is 5.82 Å². The van der Waals surface area contributed by atoms with Crippen LogP contribution in [0.1, 0.15) is 37.7 Å². The van der Waals surface area contributed by atoms with Crippen molar-refractivity contribution in [2.75, 3.05) is 6.54 Å². The predicted molar refractivity (Wildman–Crippen MR) is 70.0 cm³/mol. The molecular formula is C15H20FN. The molecule has 2 rings (SSSR count). The molecule has 1 aromatic carbocycles. The van der Waals surface area contributed by atoms with Crippen molar-refractivity contribution in [3.8, 4) is 0 Å². The van der Waals surface area contributed by atoms with Crippen LogP contribution in [0.5, 0.6) is 0 Å². The minimum Gasteiger partial charge on any atom is -0.327 e. The van der Waals surface area contributed by atoms with Crippen molar-refractivity contribution in [1.29, 1.82) is 0 Å². The minimum absolute atomic E-state index is 0.182. The molecule has 1 aromatic rings. The molecule has 0 radical (unpaired) electrons. The molecule has 2 N–H and O–H groups in total. The van der Waals surface area contributed by atoms with E-state index >= 15 is 0 Å². The maximum Gasteiger partial charge on any atom is 0.123 e. The maximum absolute atomic E-state index is 13.1. The summed E-state index contributed by atoms with van der Waals surface area (Å²) < 4.78 is 13.1. The van der Waals surface area contributed by atoms with Crippen LogP contribution in [-0.2, 0) is 0 Å². The van der Waals surface area contributed by atoms with Gasteiger partial charge in [0.05, 0.1) is 0 Å².